The van der Waals surface area contributed by atoms with Gasteiger partial charge in [0.15, 0.2) is 0 Å². The van der Waals surface area contributed by atoms with Crippen LogP contribution < -0.4 is 10.6 Å². The first-order chi connectivity index (χ1) is 10.2. The van der Waals surface area contributed by atoms with Gasteiger partial charge in [-0.1, -0.05) is 6.07 Å². The van der Waals surface area contributed by atoms with Crippen LogP contribution in [0.25, 0.3) is 0 Å². The Labute approximate surface area is 121 Å². The molecule has 1 aromatic heterocycles. The minimum Gasteiger partial charge on any atom is -0.373 e. The molecule has 6 nitrogen and oxygen atoms in total. The summed E-state index contributed by atoms with van der Waals surface area (Å²) in [5, 5.41) is 23.3. The standard InChI is InChI=1S/C15H11N5O/c1-18-14-4-2-3-13(20-14)15(21)19-12-6-5-10(8-16)11(7-12)9-17/h2-7H,1H3,(H,18,20)(H,19,21). The number of benzene rings is 1. The molecule has 1 amide bonds. The van der Waals surface area contributed by atoms with Crippen molar-refractivity contribution in [1.82, 2.24) is 4.98 Å². The van der Waals surface area contributed by atoms with Crippen LogP contribution in [0.3, 0.4) is 0 Å². The second-order valence-corrected chi connectivity index (χ2v) is 4.10. The lowest BCUT2D eigenvalue weighted by Gasteiger charge is -2.07. The van der Waals surface area contributed by atoms with E-state index in [2.05, 4.69) is 15.6 Å². The Morgan fingerprint density at radius 1 is 1.14 bits per heavy atom. The highest BCUT2D eigenvalue weighted by atomic mass is 16.1. The maximum Gasteiger partial charge on any atom is 0.274 e. The van der Waals surface area contributed by atoms with E-state index >= 15 is 0 Å². The average molecular weight is 277 g/mol. The van der Waals surface area contributed by atoms with Crippen LogP contribution in [0.1, 0.15) is 21.6 Å². The fraction of sp³-hybridized carbons (Fsp3) is 0.0667. The number of hydrogen-bond acceptors (Lipinski definition) is 5. The van der Waals surface area contributed by atoms with Crippen molar-refractivity contribution in [2.24, 2.45) is 0 Å². The van der Waals surface area contributed by atoms with Crippen molar-refractivity contribution in [3.05, 3.63) is 53.2 Å². The molecule has 21 heavy (non-hydrogen) atoms. The first-order valence-corrected chi connectivity index (χ1v) is 6.08. The Bertz CT molecular complexity index is 770. The molecule has 0 aliphatic heterocycles. The lowest BCUT2D eigenvalue weighted by atomic mass is 10.1. The summed E-state index contributed by atoms with van der Waals surface area (Å²) in [6.45, 7) is 0. The summed E-state index contributed by atoms with van der Waals surface area (Å²) < 4.78 is 0. The highest BCUT2D eigenvalue weighted by molar-refractivity contribution is 6.03. The quantitative estimate of drug-likeness (QED) is 0.894. The van der Waals surface area contributed by atoms with Crippen molar-refractivity contribution in [2.75, 3.05) is 17.7 Å². The molecule has 6 heteroatoms. The minimum atomic E-state index is -0.388. The zero-order chi connectivity index (χ0) is 15.2. The minimum absolute atomic E-state index is 0.215. The van der Waals surface area contributed by atoms with Crippen molar-refractivity contribution in [3.8, 4) is 12.1 Å². The summed E-state index contributed by atoms with van der Waals surface area (Å²) >= 11 is 0. The Morgan fingerprint density at radius 2 is 1.90 bits per heavy atom. The zero-order valence-electron chi connectivity index (χ0n) is 11.2. The smallest absolute Gasteiger partial charge is 0.274 e. The third kappa shape index (κ3) is 3.14. The van der Waals surface area contributed by atoms with Gasteiger partial charge in [-0.2, -0.15) is 10.5 Å². The van der Waals surface area contributed by atoms with E-state index < -0.39 is 0 Å². The van der Waals surface area contributed by atoms with Gasteiger partial charge < -0.3 is 10.6 Å². The van der Waals surface area contributed by atoms with E-state index in [4.69, 9.17) is 10.5 Å². The van der Waals surface area contributed by atoms with Gasteiger partial charge in [-0.05, 0) is 30.3 Å². The topological polar surface area (TPSA) is 102 Å². The lowest BCUT2D eigenvalue weighted by molar-refractivity contribution is 0.102. The largest absolute Gasteiger partial charge is 0.373 e. The van der Waals surface area contributed by atoms with Crippen molar-refractivity contribution in [1.29, 1.82) is 10.5 Å². The monoisotopic (exact) mass is 277 g/mol. The summed E-state index contributed by atoms with van der Waals surface area (Å²) in [5.74, 6) is 0.195. The first-order valence-electron chi connectivity index (χ1n) is 6.08. The molecule has 0 aliphatic rings. The van der Waals surface area contributed by atoms with Gasteiger partial charge in [-0.3, -0.25) is 4.79 Å². The predicted molar refractivity (Wildman–Crippen MR) is 77.6 cm³/mol. The van der Waals surface area contributed by atoms with Crippen molar-refractivity contribution >= 4 is 17.4 Å². The number of pyridine rings is 1. The Morgan fingerprint density at radius 3 is 2.57 bits per heavy atom. The van der Waals surface area contributed by atoms with Crippen LogP contribution >= 0.6 is 0 Å². The van der Waals surface area contributed by atoms with Crippen molar-refractivity contribution in [2.45, 2.75) is 0 Å². The summed E-state index contributed by atoms with van der Waals surface area (Å²) in [4.78, 5) is 16.2. The Kier molecular flexibility index (Phi) is 4.13. The third-order valence-corrected chi connectivity index (χ3v) is 2.76. The Balaban J connectivity index is 2.24. The number of hydrogen-bond donors (Lipinski definition) is 2. The van der Waals surface area contributed by atoms with Gasteiger partial charge >= 0.3 is 0 Å². The first kappa shape index (κ1) is 14.0. The van der Waals surface area contributed by atoms with Gasteiger partial charge in [0.25, 0.3) is 5.91 Å². The van der Waals surface area contributed by atoms with Crippen molar-refractivity contribution in [3.63, 3.8) is 0 Å². The number of nitrogens with one attached hydrogen (secondary N) is 2. The molecule has 0 aliphatic carbocycles. The highest BCUT2D eigenvalue weighted by Crippen LogP contribution is 2.15. The second-order valence-electron chi connectivity index (χ2n) is 4.10. The molecule has 2 aromatic rings. The van der Waals surface area contributed by atoms with E-state index in [-0.39, 0.29) is 22.7 Å². The maximum atomic E-state index is 12.1. The summed E-state index contributed by atoms with van der Waals surface area (Å²) in [5.41, 5.74) is 1.18. The third-order valence-electron chi connectivity index (χ3n) is 2.76. The van der Waals surface area contributed by atoms with Gasteiger partial charge in [-0.15, -0.1) is 0 Å². The number of anilines is 2. The number of carbonyl (C=O) groups is 1. The van der Waals surface area contributed by atoms with Crippen LogP contribution in [-0.2, 0) is 0 Å². The summed E-state index contributed by atoms with van der Waals surface area (Å²) in [6.07, 6.45) is 0. The van der Waals surface area contributed by atoms with Gasteiger partial charge in [-0.25, -0.2) is 4.98 Å². The zero-order valence-corrected chi connectivity index (χ0v) is 11.2. The fourth-order valence-corrected chi connectivity index (χ4v) is 1.71. The number of nitriles is 2. The molecule has 0 saturated heterocycles. The van der Waals surface area contributed by atoms with E-state index in [1.807, 2.05) is 12.1 Å². The van der Waals surface area contributed by atoms with Gasteiger partial charge in [0.05, 0.1) is 11.1 Å². The van der Waals surface area contributed by atoms with E-state index in [9.17, 15) is 4.79 Å². The van der Waals surface area contributed by atoms with Crippen LogP contribution in [0.2, 0.25) is 0 Å². The molecule has 2 rings (SSSR count). The molecule has 102 valence electrons. The molecule has 1 heterocycles. The molecule has 0 bridgehead atoms. The van der Waals surface area contributed by atoms with E-state index in [1.165, 1.54) is 12.1 Å². The lowest BCUT2D eigenvalue weighted by Crippen LogP contribution is -2.14. The number of nitrogens with zero attached hydrogens (tertiary/aromatic N) is 3. The molecule has 0 unspecified atom stereocenters. The van der Waals surface area contributed by atoms with Crippen LogP contribution in [0.4, 0.5) is 11.5 Å². The molecule has 1 aromatic carbocycles. The molecule has 0 radical (unpaired) electrons. The molecule has 0 saturated carbocycles. The van der Waals surface area contributed by atoms with E-state index in [0.29, 0.717) is 11.5 Å². The number of amides is 1. The maximum absolute atomic E-state index is 12.1. The van der Waals surface area contributed by atoms with Gasteiger partial charge in [0.1, 0.15) is 23.7 Å². The normalized spacial score (nSPS) is 9.29. The van der Waals surface area contributed by atoms with E-state index in [1.54, 1.807) is 31.3 Å². The van der Waals surface area contributed by atoms with Gasteiger partial charge in [0.2, 0.25) is 0 Å². The Hall–Kier alpha value is -3.38. The molecular formula is C15H11N5O. The molecule has 2 N–H and O–H groups in total. The van der Waals surface area contributed by atoms with Crippen LogP contribution in [0.5, 0.6) is 0 Å². The summed E-state index contributed by atoms with van der Waals surface area (Å²) in [6, 6.07) is 13.4. The van der Waals surface area contributed by atoms with Gasteiger partial charge in [0, 0.05) is 12.7 Å². The predicted octanol–water partition coefficient (Wildman–Crippen LogP) is 2.12. The molecular weight excluding hydrogens is 266 g/mol. The van der Waals surface area contributed by atoms with Crippen LogP contribution in [-0.4, -0.2) is 17.9 Å². The second kappa shape index (κ2) is 6.18. The number of aromatic nitrogens is 1. The summed E-state index contributed by atoms with van der Waals surface area (Å²) in [7, 11) is 1.71. The van der Waals surface area contributed by atoms with Crippen LogP contribution in [0.15, 0.2) is 36.4 Å². The molecule has 0 spiro atoms. The number of carbonyl (C=O) groups excluding carboxylic acids is 1. The molecule has 0 fully saturated rings. The fourth-order valence-electron chi connectivity index (χ4n) is 1.71. The SMILES string of the molecule is CNc1cccc(C(=O)Nc2ccc(C#N)c(C#N)c2)n1. The number of rotatable bonds is 3. The molecule has 0 atom stereocenters. The van der Waals surface area contributed by atoms with Crippen molar-refractivity contribution < 1.29 is 4.79 Å². The highest BCUT2D eigenvalue weighted by Gasteiger charge is 2.10. The van der Waals surface area contributed by atoms with E-state index in [0.717, 1.165) is 0 Å². The van der Waals surface area contributed by atoms with Crippen LogP contribution in [0, 0.1) is 22.7 Å². The average Bonchev–Trinajstić information content (AvgIpc) is 2.54.